The molecule has 1 unspecified atom stereocenters. The number of hydrogen-bond donors (Lipinski definition) is 1. The summed E-state index contributed by atoms with van der Waals surface area (Å²) in [6.45, 7) is 0. The average Bonchev–Trinajstić information content (AvgIpc) is 2.55. The lowest BCUT2D eigenvalue weighted by atomic mass is 9.94. The van der Waals surface area contributed by atoms with Crippen LogP contribution in [0.3, 0.4) is 0 Å². The highest BCUT2D eigenvalue weighted by Crippen LogP contribution is 2.25. The zero-order valence-electron chi connectivity index (χ0n) is 11.8. The van der Waals surface area contributed by atoms with E-state index in [1.54, 1.807) is 42.5 Å². The molecule has 2 aromatic rings. The number of esters is 1. The summed E-state index contributed by atoms with van der Waals surface area (Å²) in [6, 6.07) is 12.6. The topological polar surface area (TPSA) is 89.9 Å². The number of benzene rings is 2. The normalized spacial score (nSPS) is 12.0. The number of methoxy groups -OCH3 is 1. The molecule has 22 heavy (non-hydrogen) atoms. The number of Topliss-reactive ketones (excluding diaryl/α,β-unsaturated/α-hetero) is 1. The van der Waals surface area contributed by atoms with Crippen molar-refractivity contribution in [2.24, 2.45) is 0 Å². The number of rotatable bonds is 5. The summed E-state index contributed by atoms with van der Waals surface area (Å²) in [7, 11) is 1.20. The van der Waals surface area contributed by atoms with Crippen molar-refractivity contribution in [3.63, 3.8) is 0 Å². The minimum Gasteiger partial charge on any atom is -0.761 e. The summed E-state index contributed by atoms with van der Waals surface area (Å²) in [4.78, 5) is 24.4. The molecule has 2 rings (SSSR count). The van der Waals surface area contributed by atoms with Gasteiger partial charge in [-0.05, 0) is 11.6 Å². The lowest BCUT2D eigenvalue weighted by molar-refractivity contribution is -0.0687. The highest BCUT2D eigenvalue weighted by molar-refractivity contribution is 6.08. The highest BCUT2D eigenvalue weighted by Gasteiger charge is 2.26. The van der Waals surface area contributed by atoms with Gasteiger partial charge in [0, 0.05) is 5.56 Å². The Morgan fingerprint density at radius 2 is 1.59 bits per heavy atom. The van der Waals surface area contributed by atoms with Crippen LogP contribution in [0.2, 0.25) is 0 Å². The van der Waals surface area contributed by atoms with E-state index in [2.05, 4.69) is 4.74 Å². The van der Waals surface area contributed by atoms with E-state index in [0.717, 1.165) is 0 Å². The van der Waals surface area contributed by atoms with Crippen molar-refractivity contribution in [2.75, 3.05) is 7.11 Å². The third kappa shape index (κ3) is 3.20. The number of hydroxylamine groups is 2. The molecule has 0 spiro atoms. The van der Waals surface area contributed by atoms with Gasteiger partial charge in [-0.25, -0.2) is 10.0 Å². The van der Waals surface area contributed by atoms with Gasteiger partial charge in [0.15, 0.2) is 5.78 Å². The van der Waals surface area contributed by atoms with Crippen LogP contribution in [0.1, 0.15) is 32.3 Å². The van der Waals surface area contributed by atoms with Gasteiger partial charge < -0.3 is 15.2 Å². The summed E-state index contributed by atoms with van der Waals surface area (Å²) >= 11 is 0. The summed E-state index contributed by atoms with van der Waals surface area (Å²) in [5, 5.41) is 20.4. The van der Waals surface area contributed by atoms with Crippen molar-refractivity contribution in [1.82, 2.24) is 5.23 Å². The third-order valence-electron chi connectivity index (χ3n) is 3.18. The molecule has 0 aliphatic heterocycles. The zero-order valence-corrected chi connectivity index (χ0v) is 11.8. The zero-order chi connectivity index (χ0) is 16.1. The van der Waals surface area contributed by atoms with Crippen LogP contribution in [0.15, 0.2) is 54.6 Å². The maximum atomic E-state index is 12.6. The first-order chi connectivity index (χ1) is 10.6. The molecule has 114 valence electrons. The molecule has 0 saturated heterocycles. The van der Waals surface area contributed by atoms with Gasteiger partial charge >= 0.3 is 5.97 Å². The Balaban J connectivity index is 2.47. The summed E-state index contributed by atoms with van der Waals surface area (Å²) in [5.41, 5.74) is 0.376. The van der Waals surface area contributed by atoms with Crippen molar-refractivity contribution in [1.29, 1.82) is 0 Å². The monoisotopic (exact) mass is 300 g/mol. The van der Waals surface area contributed by atoms with Crippen molar-refractivity contribution in [3.8, 4) is 0 Å². The lowest BCUT2D eigenvalue weighted by Gasteiger charge is -2.30. The van der Waals surface area contributed by atoms with Gasteiger partial charge in [-0.3, -0.25) is 4.79 Å². The van der Waals surface area contributed by atoms with Crippen molar-refractivity contribution >= 4 is 11.8 Å². The number of ketones is 1. The molecule has 0 fully saturated rings. The SMILES string of the molecule is COC(=O)c1ccccc1C(=O)C(c1ccccc1)N([O-])O. The van der Waals surface area contributed by atoms with E-state index < -0.39 is 23.0 Å². The molecule has 0 aliphatic carbocycles. The van der Waals surface area contributed by atoms with Crippen molar-refractivity contribution < 1.29 is 19.5 Å². The minimum absolute atomic E-state index is 0.0121. The molecule has 0 saturated carbocycles. The number of nitrogens with zero attached hydrogens (tertiary/aromatic N) is 1. The fraction of sp³-hybridized carbons (Fsp3) is 0.125. The standard InChI is InChI=1S/C16H14NO5/c1-22-16(19)13-10-6-5-9-12(13)15(18)14(17(20)21)11-7-3-2-4-8-11/h2-10,14,20H,1H3/q-1. The second kappa shape index (κ2) is 6.95. The van der Waals surface area contributed by atoms with Gasteiger partial charge in [0.05, 0.1) is 12.7 Å². The van der Waals surface area contributed by atoms with Gasteiger partial charge in [-0.1, -0.05) is 48.5 Å². The van der Waals surface area contributed by atoms with Gasteiger partial charge in [0.1, 0.15) is 6.04 Å². The second-order valence-electron chi connectivity index (χ2n) is 4.52. The van der Waals surface area contributed by atoms with E-state index in [-0.39, 0.29) is 11.1 Å². The molecular formula is C16H14NO5-. The molecule has 1 atom stereocenters. The molecule has 6 heteroatoms. The molecule has 6 nitrogen and oxygen atoms in total. The van der Waals surface area contributed by atoms with Crippen LogP contribution in [0.4, 0.5) is 0 Å². The fourth-order valence-corrected chi connectivity index (χ4v) is 2.15. The van der Waals surface area contributed by atoms with Crippen LogP contribution >= 0.6 is 0 Å². The fourth-order valence-electron chi connectivity index (χ4n) is 2.15. The molecular weight excluding hydrogens is 286 g/mol. The Bertz CT molecular complexity index is 669. The third-order valence-corrected chi connectivity index (χ3v) is 3.18. The van der Waals surface area contributed by atoms with Crippen LogP contribution < -0.4 is 0 Å². The predicted molar refractivity (Wildman–Crippen MR) is 78.3 cm³/mol. The summed E-state index contributed by atoms with van der Waals surface area (Å²) in [6.07, 6.45) is 0. The predicted octanol–water partition coefficient (Wildman–Crippen LogP) is 2.59. The molecule has 0 heterocycles. The van der Waals surface area contributed by atoms with Crippen molar-refractivity contribution in [3.05, 3.63) is 76.5 Å². The number of carbonyl (C=O) groups excluding carboxylic acids is 2. The first kappa shape index (κ1) is 15.8. The minimum atomic E-state index is -1.45. The Morgan fingerprint density at radius 1 is 1.05 bits per heavy atom. The van der Waals surface area contributed by atoms with Gasteiger partial charge in [-0.15, -0.1) is 0 Å². The first-order valence-electron chi connectivity index (χ1n) is 6.48. The van der Waals surface area contributed by atoms with E-state index in [1.165, 1.54) is 19.2 Å². The maximum Gasteiger partial charge on any atom is 0.338 e. The Kier molecular flexibility index (Phi) is 5.00. The molecule has 0 aromatic heterocycles. The van der Waals surface area contributed by atoms with E-state index in [1.807, 2.05) is 0 Å². The molecule has 0 amide bonds. The van der Waals surface area contributed by atoms with Crippen LogP contribution in [0.25, 0.3) is 0 Å². The van der Waals surface area contributed by atoms with Crippen LogP contribution in [-0.4, -0.2) is 29.3 Å². The van der Waals surface area contributed by atoms with Crippen LogP contribution in [-0.2, 0) is 4.74 Å². The smallest absolute Gasteiger partial charge is 0.338 e. The molecule has 0 bridgehead atoms. The second-order valence-corrected chi connectivity index (χ2v) is 4.52. The Hall–Kier alpha value is -2.54. The van der Waals surface area contributed by atoms with Crippen molar-refractivity contribution in [2.45, 2.75) is 6.04 Å². The molecule has 1 N–H and O–H groups in total. The van der Waals surface area contributed by atoms with E-state index in [0.29, 0.717) is 5.56 Å². The molecule has 2 aromatic carbocycles. The summed E-state index contributed by atoms with van der Waals surface area (Å²) < 4.78 is 4.63. The average molecular weight is 300 g/mol. The van der Waals surface area contributed by atoms with Gasteiger partial charge in [0.25, 0.3) is 0 Å². The number of carbonyl (C=O) groups is 2. The van der Waals surface area contributed by atoms with E-state index in [4.69, 9.17) is 0 Å². The van der Waals surface area contributed by atoms with Gasteiger partial charge in [-0.2, -0.15) is 0 Å². The molecule has 0 radical (unpaired) electrons. The number of hydrogen-bond acceptors (Lipinski definition) is 6. The van der Waals surface area contributed by atoms with E-state index in [9.17, 15) is 20.0 Å². The van der Waals surface area contributed by atoms with Crippen LogP contribution in [0, 0.1) is 5.21 Å². The largest absolute Gasteiger partial charge is 0.761 e. The van der Waals surface area contributed by atoms with E-state index >= 15 is 0 Å². The lowest BCUT2D eigenvalue weighted by Crippen LogP contribution is -2.28. The quantitative estimate of drug-likeness (QED) is 0.518. The molecule has 0 aliphatic rings. The Morgan fingerprint density at radius 3 is 2.14 bits per heavy atom. The van der Waals surface area contributed by atoms with Crippen LogP contribution in [0.5, 0.6) is 0 Å². The number of ether oxygens (including phenoxy) is 1. The Labute approximate surface area is 127 Å². The van der Waals surface area contributed by atoms with Gasteiger partial charge in [0.2, 0.25) is 0 Å². The highest BCUT2D eigenvalue weighted by atomic mass is 16.8. The summed E-state index contributed by atoms with van der Waals surface area (Å²) in [5.74, 6) is -1.38. The maximum absolute atomic E-state index is 12.6. The first-order valence-corrected chi connectivity index (χ1v) is 6.48.